The minimum atomic E-state index is -0.295. The van der Waals surface area contributed by atoms with E-state index in [1.807, 2.05) is 17.8 Å². The fourth-order valence-corrected chi connectivity index (χ4v) is 2.90. The second-order valence-electron chi connectivity index (χ2n) is 3.28. The van der Waals surface area contributed by atoms with E-state index in [0.29, 0.717) is 0 Å². The number of rotatable bonds is 4. The molecule has 1 unspecified atom stereocenters. The quantitative estimate of drug-likeness (QED) is 0.656. The molecule has 1 aliphatic carbocycles. The highest BCUT2D eigenvalue weighted by atomic mass is 35.5. The van der Waals surface area contributed by atoms with Crippen molar-refractivity contribution in [1.82, 2.24) is 0 Å². The van der Waals surface area contributed by atoms with Crippen molar-refractivity contribution in [2.45, 2.75) is 31.1 Å². The Morgan fingerprint density at radius 3 is 2.75 bits per heavy atom. The number of hydrogen-bond acceptors (Lipinski definition) is 2. The van der Waals surface area contributed by atoms with Gasteiger partial charge in [0.15, 0.2) is 0 Å². The molecular weight excluding hydrogens is 190 g/mol. The van der Waals surface area contributed by atoms with Gasteiger partial charge in [-0.3, -0.25) is 0 Å². The molecule has 0 spiro atoms. The zero-order valence-electron chi connectivity index (χ0n) is 7.13. The molecule has 0 saturated heterocycles. The maximum atomic E-state index is 8.43. The number of hydrogen-bond donors (Lipinski definition) is 0. The van der Waals surface area contributed by atoms with Crippen LogP contribution < -0.4 is 0 Å². The molecule has 68 valence electrons. The first-order valence-corrected chi connectivity index (χ1v) is 6.03. The van der Waals surface area contributed by atoms with Gasteiger partial charge in [0.25, 0.3) is 0 Å². The van der Waals surface area contributed by atoms with Gasteiger partial charge in [-0.1, -0.05) is 12.8 Å². The minimum absolute atomic E-state index is 0.295. The highest BCUT2D eigenvalue weighted by Gasteiger charge is 2.15. The normalized spacial score (nSPS) is 20.7. The van der Waals surface area contributed by atoms with Gasteiger partial charge in [-0.2, -0.15) is 17.0 Å². The van der Waals surface area contributed by atoms with Crippen molar-refractivity contribution in [3.63, 3.8) is 0 Å². The number of alkyl halides is 1. The van der Waals surface area contributed by atoms with E-state index in [0.717, 1.165) is 11.7 Å². The van der Waals surface area contributed by atoms with E-state index in [4.69, 9.17) is 16.9 Å². The van der Waals surface area contributed by atoms with Crippen LogP contribution in [0.15, 0.2) is 0 Å². The molecule has 0 amide bonds. The maximum absolute atomic E-state index is 8.43. The van der Waals surface area contributed by atoms with Crippen LogP contribution in [0, 0.1) is 17.2 Å². The molecule has 1 atom stereocenters. The van der Waals surface area contributed by atoms with Crippen LogP contribution in [0.5, 0.6) is 0 Å². The van der Waals surface area contributed by atoms with Crippen molar-refractivity contribution in [2.24, 2.45) is 5.92 Å². The molecule has 12 heavy (non-hydrogen) atoms. The average Bonchev–Trinajstić information content (AvgIpc) is 2.57. The van der Waals surface area contributed by atoms with E-state index in [1.165, 1.54) is 31.4 Å². The predicted octanol–water partition coefficient (Wildman–Crippen LogP) is 3.04. The van der Waals surface area contributed by atoms with E-state index >= 15 is 0 Å². The number of nitrogens with zero attached hydrogens (tertiary/aromatic N) is 1. The Morgan fingerprint density at radius 1 is 1.50 bits per heavy atom. The molecule has 3 heteroatoms. The third kappa shape index (κ3) is 3.69. The largest absolute Gasteiger partial charge is 0.197 e. The molecular formula is C9H14ClNS. The lowest BCUT2D eigenvalue weighted by atomic mass is 10.1. The summed E-state index contributed by atoms with van der Waals surface area (Å²) in [6.07, 6.45) is 5.56. The van der Waals surface area contributed by atoms with Crippen LogP contribution in [0.3, 0.4) is 0 Å². The Balaban J connectivity index is 1.98. The summed E-state index contributed by atoms with van der Waals surface area (Å²) in [5.74, 6) is 2.89. The second-order valence-corrected chi connectivity index (χ2v) is 4.89. The highest BCUT2D eigenvalue weighted by Crippen LogP contribution is 2.28. The Hall–Kier alpha value is 0.130. The van der Waals surface area contributed by atoms with E-state index in [-0.39, 0.29) is 5.38 Å². The number of halogens is 1. The first kappa shape index (κ1) is 10.2. The van der Waals surface area contributed by atoms with Gasteiger partial charge in [0, 0.05) is 5.75 Å². The van der Waals surface area contributed by atoms with Crippen molar-refractivity contribution in [2.75, 3.05) is 11.5 Å². The summed E-state index contributed by atoms with van der Waals surface area (Å²) in [6.45, 7) is 0. The zero-order chi connectivity index (χ0) is 8.81. The minimum Gasteiger partial charge on any atom is -0.197 e. The lowest BCUT2D eigenvalue weighted by Crippen LogP contribution is -2.02. The summed E-state index contributed by atoms with van der Waals surface area (Å²) in [5, 5.41) is 8.14. The van der Waals surface area contributed by atoms with Crippen LogP contribution in [0.2, 0.25) is 0 Å². The third-order valence-corrected chi connectivity index (χ3v) is 3.94. The molecule has 1 rings (SSSR count). The van der Waals surface area contributed by atoms with Gasteiger partial charge in [0.05, 0.1) is 6.07 Å². The smallest absolute Gasteiger partial charge is 0.129 e. The molecule has 0 N–H and O–H groups in total. The van der Waals surface area contributed by atoms with E-state index in [2.05, 4.69) is 0 Å². The Labute approximate surface area is 83.5 Å². The molecule has 0 aromatic heterocycles. The molecule has 1 saturated carbocycles. The summed E-state index contributed by atoms with van der Waals surface area (Å²) in [6, 6.07) is 2.03. The molecule has 0 radical (unpaired) electrons. The van der Waals surface area contributed by atoms with Crippen LogP contribution in [0.1, 0.15) is 25.7 Å². The van der Waals surface area contributed by atoms with Crippen LogP contribution >= 0.6 is 23.4 Å². The standard InChI is InChI=1S/C9H14ClNS/c10-9(5-11)7-12-6-8-3-1-2-4-8/h8-9H,1-4,6-7H2. The summed E-state index contributed by atoms with van der Waals surface area (Å²) in [7, 11) is 0. The van der Waals surface area contributed by atoms with Crippen LogP contribution in [-0.4, -0.2) is 16.9 Å². The van der Waals surface area contributed by atoms with Crippen molar-refractivity contribution >= 4 is 23.4 Å². The zero-order valence-corrected chi connectivity index (χ0v) is 8.70. The van der Waals surface area contributed by atoms with Gasteiger partial charge < -0.3 is 0 Å². The van der Waals surface area contributed by atoms with E-state index in [9.17, 15) is 0 Å². The lowest BCUT2D eigenvalue weighted by Gasteiger charge is -2.07. The van der Waals surface area contributed by atoms with Gasteiger partial charge in [0.2, 0.25) is 0 Å². The number of nitriles is 1. The topological polar surface area (TPSA) is 23.8 Å². The predicted molar refractivity (Wildman–Crippen MR) is 54.5 cm³/mol. The Kier molecular flexibility index (Phi) is 4.87. The summed E-state index contributed by atoms with van der Waals surface area (Å²) in [5.41, 5.74) is 0. The maximum Gasteiger partial charge on any atom is 0.129 e. The first-order chi connectivity index (χ1) is 5.83. The molecule has 0 bridgehead atoms. The van der Waals surface area contributed by atoms with Crippen LogP contribution in [0.25, 0.3) is 0 Å². The van der Waals surface area contributed by atoms with Crippen molar-refractivity contribution in [3.8, 4) is 6.07 Å². The van der Waals surface area contributed by atoms with Crippen LogP contribution in [0.4, 0.5) is 0 Å². The Morgan fingerprint density at radius 2 is 2.17 bits per heavy atom. The third-order valence-electron chi connectivity index (χ3n) is 2.23. The molecule has 0 heterocycles. The molecule has 0 aliphatic heterocycles. The monoisotopic (exact) mass is 203 g/mol. The van der Waals surface area contributed by atoms with Gasteiger partial charge in [-0.05, 0) is 24.5 Å². The molecule has 1 fully saturated rings. The van der Waals surface area contributed by atoms with Crippen molar-refractivity contribution in [3.05, 3.63) is 0 Å². The van der Waals surface area contributed by atoms with E-state index in [1.54, 1.807) is 0 Å². The van der Waals surface area contributed by atoms with Crippen molar-refractivity contribution in [1.29, 1.82) is 5.26 Å². The first-order valence-electron chi connectivity index (χ1n) is 4.44. The Bertz CT molecular complexity index is 160. The van der Waals surface area contributed by atoms with Gasteiger partial charge >= 0.3 is 0 Å². The summed E-state index contributed by atoms with van der Waals surface area (Å²) < 4.78 is 0. The summed E-state index contributed by atoms with van der Waals surface area (Å²) >= 11 is 7.50. The average molecular weight is 204 g/mol. The molecule has 1 nitrogen and oxygen atoms in total. The SMILES string of the molecule is N#CC(Cl)CSCC1CCCC1. The van der Waals surface area contributed by atoms with Crippen LogP contribution in [-0.2, 0) is 0 Å². The van der Waals surface area contributed by atoms with Gasteiger partial charge in [-0.15, -0.1) is 11.6 Å². The fraction of sp³-hybridized carbons (Fsp3) is 0.889. The van der Waals surface area contributed by atoms with Gasteiger partial charge in [-0.25, -0.2) is 0 Å². The lowest BCUT2D eigenvalue weighted by molar-refractivity contribution is 0.623. The second kappa shape index (κ2) is 5.72. The van der Waals surface area contributed by atoms with Crippen molar-refractivity contribution < 1.29 is 0 Å². The highest BCUT2D eigenvalue weighted by molar-refractivity contribution is 7.99. The van der Waals surface area contributed by atoms with E-state index < -0.39 is 0 Å². The molecule has 1 aliphatic rings. The molecule has 0 aromatic carbocycles. The van der Waals surface area contributed by atoms with Gasteiger partial charge in [0.1, 0.15) is 5.38 Å². The fourth-order valence-electron chi connectivity index (χ4n) is 1.55. The summed E-state index contributed by atoms with van der Waals surface area (Å²) in [4.78, 5) is 0. The molecule has 0 aromatic rings. The number of thioether (sulfide) groups is 1.